The Kier molecular flexibility index (Phi) is 6.14. The van der Waals surface area contributed by atoms with Crippen molar-refractivity contribution < 1.29 is 28.2 Å². The van der Waals surface area contributed by atoms with E-state index in [2.05, 4.69) is 9.97 Å². The number of piperidine rings is 1. The third kappa shape index (κ3) is 4.31. The topological polar surface area (TPSA) is 98.7 Å². The Morgan fingerprint density at radius 2 is 1.55 bits per heavy atom. The summed E-state index contributed by atoms with van der Waals surface area (Å²) in [5, 5.41) is 0. The summed E-state index contributed by atoms with van der Waals surface area (Å²) < 4.78 is 24.3. The van der Waals surface area contributed by atoms with Crippen molar-refractivity contribution in [3.8, 4) is 22.9 Å². The summed E-state index contributed by atoms with van der Waals surface area (Å²) in [6, 6.07) is 3.25. The summed E-state index contributed by atoms with van der Waals surface area (Å²) in [6.45, 7) is 2.64. The van der Waals surface area contributed by atoms with Gasteiger partial charge in [-0.25, -0.2) is 14.4 Å². The number of hydrogen-bond acceptors (Lipinski definition) is 7. The van der Waals surface area contributed by atoms with Crippen LogP contribution < -0.4 is 9.47 Å². The van der Waals surface area contributed by atoms with Crippen LogP contribution in [0.3, 0.4) is 0 Å². The number of halogens is 1. The van der Waals surface area contributed by atoms with Crippen LogP contribution in [0, 0.1) is 11.2 Å². The van der Waals surface area contributed by atoms with E-state index in [0.29, 0.717) is 48.6 Å². The summed E-state index contributed by atoms with van der Waals surface area (Å²) in [5.74, 6) is -1.01. The van der Waals surface area contributed by atoms with E-state index in [4.69, 9.17) is 9.47 Å². The van der Waals surface area contributed by atoms with Crippen molar-refractivity contribution in [3.05, 3.63) is 35.9 Å². The Morgan fingerprint density at radius 3 is 2.00 bits per heavy atom. The molecule has 1 saturated carbocycles. The highest BCUT2D eigenvalue weighted by Crippen LogP contribution is 2.49. The molecule has 2 fully saturated rings. The predicted molar refractivity (Wildman–Crippen MR) is 116 cm³/mol. The van der Waals surface area contributed by atoms with Gasteiger partial charge in [0, 0.05) is 38.4 Å². The van der Waals surface area contributed by atoms with Crippen molar-refractivity contribution in [2.75, 3.05) is 27.3 Å². The number of benzene rings is 1. The zero-order valence-electron chi connectivity index (χ0n) is 18.9. The quantitative estimate of drug-likeness (QED) is 0.654. The third-order valence-electron chi connectivity index (χ3n) is 6.72. The Bertz CT molecular complexity index is 1050. The average Bonchev–Trinajstić information content (AvgIpc) is 2.79. The van der Waals surface area contributed by atoms with Gasteiger partial charge in [0.1, 0.15) is 29.0 Å². The van der Waals surface area contributed by atoms with Crippen LogP contribution in [0.4, 0.5) is 4.39 Å². The fraction of sp³-hybridized carbons (Fsp3) is 0.458. The maximum absolute atomic E-state index is 13.3. The summed E-state index contributed by atoms with van der Waals surface area (Å²) in [6.07, 6.45) is 3.91. The molecule has 0 N–H and O–H groups in total. The lowest BCUT2D eigenvalue weighted by Crippen LogP contribution is -2.47. The lowest BCUT2D eigenvalue weighted by atomic mass is 9.63. The number of nitrogens with zero attached hydrogens (tertiary/aromatic N) is 3. The van der Waals surface area contributed by atoms with E-state index in [0.717, 1.165) is 12.4 Å². The Hall–Kier alpha value is -3.36. The summed E-state index contributed by atoms with van der Waals surface area (Å²) >= 11 is 0. The number of carbonyl (C=O) groups is 3. The summed E-state index contributed by atoms with van der Waals surface area (Å²) in [7, 11) is 2.90. The monoisotopic (exact) mass is 455 g/mol. The Morgan fingerprint density at radius 1 is 1.03 bits per heavy atom. The zero-order chi connectivity index (χ0) is 23.8. The first kappa shape index (κ1) is 22.8. The van der Waals surface area contributed by atoms with Gasteiger partial charge < -0.3 is 14.4 Å². The molecule has 1 aliphatic heterocycles. The van der Waals surface area contributed by atoms with Gasteiger partial charge in [-0.05, 0) is 30.4 Å². The first-order chi connectivity index (χ1) is 15.8. The molecule has 174 valence electrons. The fourth-order valence-electron chi connectivity index (χ4n) is 4.97. The number of aromatic nitrogens is 2. The van der Waals surface area contributed by atoms with Gasteiger partial charge in [0.15, 0.2) is 11.6 Å². The van der Waals surface area contributed by atoms with E-state index in [-0.39, 0.29) is 36.1 Å². The second kappa shape index (κ2) is 8.88. The van der Waals surface area contributed by atoms with Crippen molar-refractivity contribution in [2.24, 2.45) is 5.41 Å². The normalized spacial score (nSPS) is 18.5. The molecule has 1 aliphatic carbocycles. The maximum Gasteiger partial charge on any atom is 0.219 e. The van der Waals surface area contributed by atoms with Gasteiger partial charge in [-0.1, -0.05) is 0 Å². The molecule has 0 unspecified atom stereocenters. The SMILES string of the molecule is COc1cc(-c2ncc(F)cn2)cc(OC)c1C1C(=O)CC2(CCN(C(C)=O)CC2)CC1=O. The predicted octanol–water partition coefficient (Wildman–Crippen LogP) is 2.94. The number of rotatable bonds is 4. The number of ketones is 2. The molecule has 2 aromatic rings. The van der Waals surface area contributed by atoms with Crippen LogP contribution >= 0.6 is 0 Å². The van der Waals surface area contributed by atoms with Crippen molar-refractivity contribution in [1.29, 1.82) is 0 Å². The van der Waals surface area contributed by atoms with Crippen molar-refractivity contribution in [1.82, 2.24) is 14.9 Å². The molecular formula is C24H26FN3O5. The van der Waals surface area contributed by atoms with Crippen molar-refractivity contribution in [2.45, 2.75) is 38.5 Å². The molecule has 8 nitrogen and oxygen atoms in total. The third-order valence-corrected chi connectivity index (χ3v) is 6.72. The van der Waals surface area contributed by atoms with E-state index < -0.39 is 17.2 Å². The first-order valence-corrected chi connectivity index (χ1v) is 10.8. The molecule has 0 radical (unpaired) electrons. The van der Waals surface area contributed by atoms with Crippen LogP contribution in [-0.4, -0.2) is 59.7 Å². The van der Waals surface area contributed by atoms with E-state index in [1.807, 2.05) is 0 Å². The first-order valence-electron chi connectivity index (χ1n) is 10.8. The highest BCUT2D eigenvalue weighted by molar-refractivity contribution is 6.11. The fourth-order valence-corrected chi connectivity index (χ4v) is 4.97. The van der Waals surface area contributed by atoms with E-state index in [9.17, 15) is 18.8 Å². The highest BCUT2D eigenvalue weighted by atomic mass is 19.1. The molecule has 2 aliphatic rings. The van der Waals surface area contributed by atoms with Crippen LogP contribution in [0.2, 0.25) is 0 Å². The van der Waals surface area contributed by atoms with Crippen LogP contribution in [0.25, 0.3) is 11.4 Å². The van der Waals surface area contributed by atoms with E-state index in [1.54, 1.807) is 17.0 Å². The van der Waals surface area contributed by atoms with Gasteiger partial charge in [-0.15, -0.1) is 0 Å². The van der Waals surface area contributed by atoms with Crippen LogP contribution in [0.1, 0.15) is 44.1 Å². The van der Waals surface area contributed by atoms with Gasteiger partial charge in [0.05, 0.1) is 32.2 Å². The van der Waals surface area contributed by atoms with Crippen molar-refractivity contribution >= 4 is 17.5 Å². The minimum Gasteiger partial charge on any atom is -0.496 e. The molecule has 0 atom stereocenters. The van der Waals surface area contributed by atoms with Gasteiger partial charge in [0.2, 0.25) is 5.91 Å². The molecule has 2 heterocycles. The van der Waals surface area contributed by atoms with Crippen molar-refractivity contribution in [3.63, 3.8) is 0 Å². The van der Waals surface area contributed by atoms with Crippen LogP contribution in [-0.2, 0) is 14.4 Å². The maximum atomic E-state index is 13.3. The molecule has 1 amide bonds. The highest BCUT2D eigenvalue weighted by Gasteiger charge is 2.48. The molecule has 1 aromatic heterocycles. The minimum atomic E-state index is -0.991. The standard InChI is InChI=1S/C24H26FN3O5/c1-14(29)28-6-4-24(5-7-28)10-17(30)21(18(31)11-24)22-19(32-2)8-15(9-20(22)33-3)23-26-12-16(25)13-27-23/h8-9,12-13,21H,4-7,10-11H2,1-3H3. The lowest BCUT2D eigenvalue weighted by Gasteiger charge is -2.44. The molecule has 0 bridgehead atoms. The number of hydrogen-bond donors (Lipinski definition) is 0. The second-order valence-corrected chi connectivity index (χ2v) is 8.74. The molecule has 1 saturated heterocycles. The lowest BCUT2D eigenvalue weighted by molar-refractivity contribution is -0.139. The second-order valence-electron chi connectivity index (χ2n) is 8.74. The Balaban J connectivity index is 1.66. The summed E-state index contributed by atoms with van der Waals surface area (Å²) in [4.78, 5) is 48.1. The number of carbonyl (C=O) groups excluding carboxylic acids is 3. The van der Waals surface area contributed by atoms with Gasteiger partial charge in [-0.3, -0.25) is 14.4 Å². The van der Waals surface area contributed by atoms with Gasteiger partial charge >= 0.3 is 0 Å². The molecule has 1 aromatic carbocycles. The van der Waals surface area contributed by atoms with Crippen LogP contribution in [0.5, 0.6) is 11.5 Å². The number of likely N-dealkylation sites (tertiary alicyclic amines) is 1. The van der Waals surface area contributed by atoms with Gasteiger partial charge in [0.25, 0.3) is 0 Å². The van der Waals surface area contributed by atoms with E-state index >= 15 is 0 Å². The molecule has 9 heteroatoms. The molecule has 4 rings (SSSR count). The van der Waals surface area contributed by atoms with E-state index in [1.165, 1.54) is 21.1 Å². The molecule has 33 heavy (non-hydrogen) atoms. The molecule has 1 spiro atoms. The zero-order valence-corrected chi connectivity index (χ0v) is 18.9. The smallest absolute Gasteiger partial charge is 0.219 e. The minimum absolute atomic E-state index is 0.0101. The van der Waals surface area contributed by atoms with Gasteiger partial charge in [-0.2, -0.15) is 0 Å². The summed E-state index contributed by atoms with van der Waals surface area (Å²) in [5.41, 5.74) is 0.493. The number of amides is 1. The number of Topliss-reactive ketones (excluding diaryl/α,β-unsaturated/α-hetero) is 2. The number of ether oxygens (including phenoxy) is 2. The van der Waals surface area contributed by atoms with Crippen LogP contribution in [0.15, 0.2) is 24.5 Å². The average molecular weight is 455 g/mol. The largest absolute Gasteiger partial charge is 0.496 e. The Labute approximate surface area is 191 Å². The molecular weight excluding hydrogens is 429 g/mol. The number of methoxy groups -OCH3 is 2.